The number of carbonyl (C=O) groups is 2. The Bertz CT molecular complexity index is 733. The zero-order valence-corrected chi connectivity index (χ0v) is 12.4. The number of nitrogens with one attached hydrogen (secondary N) is 1. The highest BCUT2D eigenvalue weighted by molar-refractivity contribution is 5.97. The molecule has 0 aliphatic rings. The van der Waals surface area contributed by atoms with Crippen LogP contribution in [0.2, 0.25) is 0 Å². The standard InChI is InChI=1S/C16H14F3N3O2/c17-16(18,19)12-5-1-3-10(7-12)8-13(14(20)23)22-15(24)11-4-2-6-21-9-11/h1-7,9,13H,8H2,(H2,20,23)(H,22,24)/t13-/m1/s1. The van der Waals surface area contributed by atoms with Crippen molar-refractivity contribution in [1.29, 1.82) is 0 Å². The van der Waals surface area contributed by atoms with Crippen molar-refractivity contribution in [2.75, 3.05) is 0 Å². The zero-order valence-electron chi connectivity index (χ0n) is 12.4. The van der Waals surface area contributed by atoms with E-state index < -0.39 is 29.6 Å². The second-order valence-corrected chi connectivity index (χ2v) is 5.07. The van der Waals surface area contributed by atoms with Crippen LogP contribution in [0.15, 0.2) is 48.8 Å². The second kappa shape index (κ2) is 7.12. The van der Waals surface area contributed by atoms with Gasteiger partial charge >= 0.3 is 6.18 Å². The molecule has 0 aliphatic heterocycles. The molecule has 0 spiro atoms. The molecule has 0 unspecified atom stereocenters. The molecule has 5 nitrogen and oxygen atoms in total. The van der Waals surface area contributed by atoms with Gasteiger partial charge in [-0.05, 0) is 23.8 Å². The lowest BCUT2D eigenvalue weighted by Crippen LogP contribution is -2.45. The van der Waals surface area contributed by atoms with Crippen molar-refractivity contribution in [2.24, 2.45) is 5.73 Å². The van der Waals surface area contributed by atoms with Crippen molar-refractivity contribution in [3.05, 3.63) is 65.5 Å². The maximum absolute atomic E-state index is 12.7. The summed E-state index contributed by atoms with van der Waals surface area (Å²) in [7, 11) is 0. The van der Waals surface area contributed by atoms with E-state index >= 15 is 0 Å². The summed E-state index contributed by atoms with van der Waals surface area (Å²) in [6.07, 6.45) is -1.86. The third kappa shape index (κ3) is 4.55. The van der Waals surface area contributed by atoms with Crippen molar-refractivity contribution < 1.29 is 22.8 Å². The van der Waals surface area contributed by atoms with Gasteiger partial charge in [0.1, 0.15) is 6.04 Å². The number of primary amides is 1. The molecular weight excluding hydrogens is 323 g/mol. The van der Waals surface area contributed by atoms with Crippen LogP contribution in [0.5, 0.6) is 0 Å². The Labute approximate surface area is 135 Å². The van der Waals surface area contributed by atoms with Crippen LogP contribution in [0.4, 0.5) is 13.2 Å². The molecule has 24 heavy (non-hydrogen) atoms. The van der Waals surface area contributed by atoms with Crippen LogP contribution in [-0.2, 0) is 17.4 Å². The minimum atomic E-state index is -4.49. The molecule has 1 heterocycles. The number of aromatic nitrogens is 1. The third-order valence-electron chi connectivity index (χ3n) is 3.27. The summed E-state index contributed by atoms with van der Waals surface area (Å²) in [6.45, 7) is 0. The minimum Gasteiger partial charge on any atom is -0.368 e. The number of hydrogen-bond donors (Lipinski definition) is 2. The fraction of sp³-hybridized carbons (Fsp3) is 0.188. The molecule has 0 bridgehead atoms. The van der Waals surface area contributed by atoms with Gasteiger partial charge in [0.05, 0.1) is 11.1 Å². The summed E-state index contributed by atoms with van der Waals surface area (Å²) in [5, 5.41) is 2.40. The average Bonchev–Trinajstić information content (AvgIpc) is 2.54. The van der Waals surface area contributed by atoms with Crippen molar-refractivity contribution in [2.45, 2.75) is 18.6 Å². The predicted octanol–water partition coefficient (Wildman–Crippen LogP) is 1.93. The van der Waals surface area contributed by atoms with E-state index in [1.807, 2.05) is 0 Å². The summed E-state index contributed by atoms with van der Waals surface area (Å²) in [4.78, 5) is 27.3. The quantitative estimate of drug-likeness (QED) is 0.874. The van der Waals surface area contributed by atoms with Crippen molar-refractivity contribution in [3.63, 3.8) is 0 Å². The van der Waals surface area contributed by atoms with E-state index in [1.54, 1.807) is 6.07 Å². The molecule has 1 aromatic heterocycles. The van der Waals surface area contributed by atoms with E-state index in [4.69, 9.17) is 5.73 Å². The topological polar surface area (TPSA) is 85.1 Å². The molecule has 2 rings (SSSR count). The lowest BCUT2D eigenvalue weighted by Gasteiger charge is -2.16. The number of benzene rings is 1. The van der Waals surface area contributed by atoms with E-state index in [2.05, 4.69) is 10.3 Å². The van der Waals surface area contributed by atoms with E-state index in [9.17, 15) is 22.8 Å². The largest absolute Gasteiger partial charge is 0.416 e. The number of nitrogens with two attached hydrogens (primary N) is 1. The van der Waals surface area contributed by atoms with Gasteiger partial charge in [0, 0.05) is 18.8 Å². The van der Waals surface area contributed by atoms with Crippen LogP contribution in [0.25, 0.3) is 0 Å². The highest BCUT2D eigenvalue weighted by atomic mass is 19.4. The first-order valence-corrected chi connectivity index (χ1v) is 6.93. The Kier molecular flexibility index (Phi) is 5.18. The highest BCUT2D eigenvalue weighted by Gasteiger charge is 2.30. The highest BCUT2D eigenvalue weighted by Crippen LogP contribution is 2.29. The molecule has 2 amide bonds. The monoisotopic (exact) mass is 337 g/mol. The molecule has 0 saturated carbocycles. The number of carbonyl (C=O) groups excluding carboxylic acids is 2. The van der Waals surface area contributed by atoms with E-state index in [0.717, 1.165) is 12.1 Å². The number of rotatable bonds is 5. The normalized spacial score (nSPS) is 12.5. The number of alkyl halides is 3. The van der Waals surface area contributed by atoms with E-state index in [1.165, 1.54) is 30.6 Å². The SMILES string of the molecule is NC(=O)[C@@H](Cc1cccc(C(F)(F)F)c1)NC(=O)c1cccnc1. The lowest BCUT2D eigenvalue weighted by molar-refractivity contribution is -0.137. The van der Waals surface area contributed by atoms with Gasteiger partial charge in [-0.2, -0.15) is 13.2 Å². The molecule has 0 radical (unpaired) electrons. The van der Waals surface area contributed by atoms with Gasteiger partial charge in [0.2, 0.25) is 5.91 Å². The van der Waals surface area contributed by atoms with Crippen LogP contribution in [0.1, 0.15) is 21.5 Å². The first kappa shape index (κ1) is 17.5. The molecule has 1 aromatic carbocycles. The molecule has 3 N–H and O–H groups in total. The third-order valence-corrected chi connectivity index (χ3v) is 3.27. The Balaban J connectivity index is 2.15. The van der Waals surface area contributed by atoms with Gasteiger partial charge in [-0.15, -0.1) is 0 Å². The molecular formula is C16H14F3N3O2. The number of nitrogens with zero attached hydrogens (tertiary/aromatic N) is 1. The molecule has 0 aliphatic carbocycles. The zero-order chi connectivity index (χ0) is 17.7. The number of amides is 2. The maximum Gasteiger partial charge on any atom is 0.416 e. The molecule has 126 valence electrons. The lowest BCUT2D eigenvalue weighted by atomic mass is 10.0. The van der Waals surface area contributed by atoms with Crippen LogP contribution < -0.4 is 11.1 Å². The van der Waals surface area contributed by atoms with Crippen LogP contribution in [-0.4, -0.2) is 22.8 Å². The minimum absolute atomic E-state index is 0.148. The Morgan fingerprint density at radius 3 is 2.54 bits per heavy atom. The summed E-state index contributed by atoms with van der Waals surface area (Å²) in [6, 6.07) is 6.41. The van der Waals surface area contributed by atoms with Crippen molar-refractivity contribution in [3.8, 4) is 0 Å². The first-order chi connectivity index (χ1) is 11.3. The fourth-order valence-electron chi connectivity index (χ4n) is 2.07. The van der Waals surface area contributed by atoms with Crippen LogP contribution >= 0.6 is 0 Å². The summed E-state index contributed by atoms with van der Waals surface area (Å²) in [5.41, 5.74) is 4.86. The van der Waals surface area contributed by atoms with Crippen LogP contribution in [0, 0.1) is 0 Å². The van der Waals surface area contributed by atoms with Gasteiger partial charge in [0.15, 0.2) is 0 Å². The predicted molar refractivity (Wildman–Crippen MR) is 79.8 cm³/mol. The van der Waals surface area contributed by atoms with Crippen molar-refractivity contribution >= 4 is 11.8 Å². The van der Waals surface area contributed by atoms with Gasteiger partial charge in [-0.1, -0.05) is 18.2 Å². The summed E-state index contributed by atoms with van der Waals surface area (Å²) in [5.74, 6) is -1.43. The van der Waals surface area contributed by atoms with Gasteiger partial charge in [0.25, 0.3) is 5.91 Å². The Morgan fingerprint density at radius 1 is 1.21 bits per heavy atom. The summed E-state index contributed by atoms with van der Waals surface area (Å²) >= 11 is 0. The van der Waals surface area contributed by atoms with Crippen LogP contribution in [0.3, 0.4) is 0 Å². The number of pyridine rings is 1. The molecule has 0 saturated heterocycles. The molecule has 0 fully saturated rings. The maximum atomic E-state index is 12.7. The fourth-order valence-corrected chi connectivity index (χ4v) is 2.07. The van der Waals surface area contributed by atoms with E-state index in [-0.39, 0.29) is 17.5 Å². The molecule has 1 atom stereocenters. The Hall–Kier alpha value is -2.90. The molecule has 8 heteroatoms. The van der Waals surface area contributed by atoms with Gasteiger partial charge < -0.3 is 11.1 Å². The Morgan fingerprint density at radius 2 is 1.96 bits per heavy atom. The van der Waals surface area contributed by atoms with E-state index in [0.29, 0.717) is 0 Å². The number of halogens is 3. The smallest absolute Gasteiger partial charge is 0.368 e. The van der Waals surface area contributed by atoms with Gasteiger partial charge in [-0.25, -0.2) is 0 Å². The van der Waals surface area contributed by atoms with Gasteiger partial charge in [-0.3, -0.25) is 14.6 Å². The molecule has 2 aromatic rings. The average molecular weight is 337 g/mol. The summed E-state index contributed by atoms with van der Waals surface area (Å²) < 4.78 is 38.2. The number of hydrogen-bond acceptors (Lipinski definition) is 3. The second-order valence-electron chi connectivity index (χ2n) is 5.07. The first-order valence-electron chi connectivity index (χ1n) is 6.93. The van der Waals surface area contributed by atoms with Crippen molar-refractivity contribution in [1.82, 2.24) is 10.3 Å².